The minimum atomic E-state index is -0.634. The Morgan fingerprint density at radius 1 is 0.943 bits per heavy atom. The first kappa shape index (κ1) is 28.9. The van der Waals surface area contributed by atoms with Crippen molar-refractivity contribution in [3.63, 3.8) is 0 Å². The summed E-state index contributed by atoms with van der Waals surface area (Å²) in [6.45, 7) is 4.55. The number of rotatable bonds is 18. The zero-order valence-electron chi connectivity index (χ0n) is 21.7. The second-order valence-electron chi connectivity index (χ2n) is 9.55. The molecule has 0 radical (unpaired) electrons. The van der Waals surface area contributed by atoms with Gasteiger partial charge in [0.05, 0.1) is 0 Å². The second kappa shape index (κ2) is 17.1. The van der Waals surface area contributed by atoms with Crippen LogP contribution in [0.15, 0.2) is 27.9 Å². The maximum atomic E-state index is 12.0. The molecule has 1 aliphatic rings. The van der Waals surface area contributed by atoms with E-state index in [-0.39, 0.29) is 6.61 Å². The number of aromatic amines is 1. The minimum absolute atomic E-state index is 0.0641. The molecule has 2 atom stereocenters. The molecule has 0 aliphatic carbocycles. The van der Waals surface area contributed by atoms with Crippen LogP contribution in [0, 0.1) is 6.92 Å². The molecule has 0 saturated carbocycles. The number of unbranched alkanes of at least 4 members (excludes halogenated alkanes) is 13. The molecule has 0 bridgehead atoms. The molecule has 0 fully saturated rings. The molecule has 35 heavy (non-hydrogen) atoms. The first-order valence-electron chi connectivity index (χ1n) is 13.6. The lowest BCUT2D eigenvalue weighted by Gasteiger charge is -2.16. The summed E-state index contributed by atoms with van der Waals surface area (Å²) in [5.41, 5.74) is -0.532. The molecule has 1 amide bonds. The summed E-state index contributed by atoms with van der Waals surface area (Å²) in [5, 5.41) is 2.78. The average molecular weight is 492 g/mol. The fourth-order valence-corrected chi connectivity index (χ4v) is 4.24. The molecular formula is C27H45N3O5. The molecule has 2 N–H and O–H groups in total. The molecule has 8 heteroatoms. The summed E-state index contributed by atoms with van der Waals surface area (Å²) in [6, 6.07) is 0. The molecule has 0 spiro atoms. The fraction of sp³-hybridized carbons (Fsp3) is 0.741. The zero-order valence-corrected chi connectivity index (χ0v) is 21.7. The second-order valence-corrected chi connectivity index (χ2v) is 9.55. The summed E-state index contributed by atoms with van der Waals surface area (Å²) >= 11 is 0. The third-order valence-corrected chi connectivity index (χ3v) is 6.40. The molecule has 0 unspecified atom stereocenters. The topological polar surface area (TPSA) is 102 Å². The standard InChI is InChI=1S/C27H45N3O5/c1-3-4-5-6-7-8-9-10-11-12-13-14-15-16-19-28-27(33)34-21-23-17-18-24(35-23)30-20-22(2)25(31)29-26(30)32/h17-18,20,23-24H,3-16,19,21H2,1-2H3,(H,28,33)(H,29,31,32)/t23-,24+/m0/s1. The van der Waals surface area contributed by atoms with E-state index < -0.39 is 29.7 Å². The number of ether oxygens (including phenoxy) is 2. The Bertz CT molecular complexity index is 876. The number of carbonyl (C=O) groups excluding carboxylic acids is 1. The predicted molar refractivity (Wildman–Crippen MR) is 139 cm³/mol. The average Bonchev–Trinajstić information content (AvgIpc) is 3.31. The number of aromatic nitrogens is 2. The van der Waals surface area contributed by atoms with Crippen LogP contribution in [0.25, 0.3) is 0 Å². The van der Waals surface area contributed by atoms with Gasteiger partial charge in [-0.1, -0.05) is 96.5 Å². The lowest BCUT2D eigenvalue weighted by atomic mass is 10.0. The maximum absolute atomic E-state index is 12.0. The Kier molecular flexibility index (Phi) is 14.1. The molecule has 0 aromatic carbocycles. The van der Waals surface area contributed by atoms with E-state index in [0.717, 1.165) is 12.8 Å². The molecule has 198 valence electrons. The first-order chi connectivity index (χ1) is 17.0. The van der Waals surface area contributed by atoms with E-state index >= 15 is 0 Å². The zero-order chi connectivity index (χ0) is 25.3. The third kappa shape index (κ3) is 11.8. The van der Waals surface area contributed by atoms with Crippen LogP contribution < -0.4 is 16.6 Å². The summed E-state index contributed by atoms with van der Waals surface area (Å²) in [4.78, 5) is 37.6. The van der Waals surface area contributed by atoms with Crippen LogP contribution in [0.5, 0.6) is 0 Å². The molecule has 8 nitrogen and oxygen atoms in total. The van der Waals surface area contributed by atoms with Gasteiger partial charge in [-0.25, -0.2) is 9.59 Å². The molecule has 1 aliphatic heterocycles. The van der Waals surface area contributed by atoms with Gasteiger partial charge in [-0.15, -0.1) is 0 Å². The maximum Gasteiger partial charge on any atom is 0.407 e. The van der Waals surface area contributed by atoms with Gasteiger partial charge >= 0.3 is 11.8 Å². The van der Waals surface area contributed by atoms with E-state index in [1.54, 1.807) is 19.1 Å². The van der Waals surface area contributed by atoms with Crippen molar-refractivity contribution in [3.05, 3.63) is 44.8 Å². The van der Waals surface area contributed by atoms with Gasteiger partial charge in [-0.2, -0.15) is 0 Å². The predicted octanol–water partition coefficient (Wildman–Crippen LogP) is 5.51. The molecular weight excluding hydrogens is 446 g/mol. The summed E-state index contributed by atoms with van der Waals surface area (Å²) in [5.74, 6) is 0. The first-order valence-corrected chi connectivity index (χ1v) is 13.6. The molecule has 1 aromatic heterocycles. The minimum Gasteiger partial charge on any atom is -0.446 e. The number of hydrogen-bond donors (Lipinski definition) is 2. The Balaban J connectivity index is 1.42. The Morgan fingerprint density at radius 3 is 2.11 bits per heavy atom. The van der Waals surface area contributed by atoms with Crippen molar-refractivity contribution in [1.29, 1.82) is 0 Å². The highest BCUT2D eigenvalue weighted by atomic mass is 16.6. The number of amides is 1. The normalized spacial score (nSPS) is 17.1. The SMILES string of the molecule is CCCCCCCCCCCCCCCCNC(=O)OC[C@@H]1C=C[C@H](n2cc(C)c(=O)[nH]c2=O)O1. The van der Waals surface area contributed by atoms with Gasteiger partial charge in [0.2, 0.25) is 0 Å². The van der Waals surface area contributed by atoms with E-state index in [1.165, 1.54) is 87.8 Å². The lowest BCUT2D eigenvalue weighted by Crippen LogP contribution is -2.34. The van der Waals surface area contributed by atoms with Crippen molar-refractivity contribution in [2.24, 2.45) is 0 Å². The van der Waals surface area contributed by atoms with Gasteiger partial charge in [0.1, 0.15) is 12.7 Å². The van der Waals surface area contributed by atoms with Gasteiger partial charge in [0, 0.05) is 18.3 Å². The van der Waals surface area contributed by atoms with E-state index in [4.69, 9.17) is 9.47 Å². The quantitative estimate of drug-likeness (QED) is 0.208. The smallest absolute Gasteiger partial charge is 0.407 e. The van der Waals surface area contributed by atoms with Gasteiger partial charge in [0.25, 0.3) is 5.56 Å². The number of aryl methyl sites for hydroxylation is 1. The van der Waals surface area contributed by atoms with Gasteiger partial charge < -0.3 is 14.8 Å². The highest BCUT2D eigenvalue weighted by molar-refractivity contribution is 5.67. The van der Waals surface area contributed by atoms with Crippen molar-refractivity contribution in [2.75, 3.05) is 13.2 Å². The number of nitrogens with one attached hydrogen (secondary N) is 2. The van der Waals surface area contributed by atoms with Crippen LogP contribution in [0.4, 0.5) is 4.79 Å². The highest BCUT2D eigenvalue weighted by Crippen LogP contribution is 2.19. The molecule has 0 saturated heterocycles. The monoisotopic (exact) mass is 491 g/mol. The lowest BCUT2D eigenvalue weighted by molar-refractivity contribution is -0.0149. The van der Waals surface area contributed by atoms with Crippen molar-refractivity contribution < 1.29 is 14.3 Å². The van der Waals surface area contributed by atoms with Gasteiger partial charge in [0.15, 0.2) is 6.23 Å². The van der Waals surface area contributed by atoms with Crippen LogP contribution in [0.2, 0.25) is 0 Å². The number of carbonyl (C=O) groups is 1. The van der Waals surface area contributed by atoms with E-state index in [0.29, 0.717) is 12.1 Å². The molecule has 2 heterocycles. The van der Waals surface area contributed by atoms with Gasteiger partial charge in [-0.05, 0) is 19.4 Å². The number of nitrogens with zero attached hydrogens (tertiary/aromatic N) is 1. The van der Waals surface area contributed by atoms with E-state index in [1.807, 2.05) is 0 Å². The van der Waals surface area contributed by atoms with Crippen molar-refractivity contribution in [2.45, 2.75) is 116 Å². The van der Waals surface area contributed by atoms with Crippen molar-refractivity contribution in [1.82, 2.24) is 14.9 Å². The van der Waals surface area contributed by atoms with Crippen LogP contribution in [-0.4, -0.2) is 34.9 Å². The number of hydrogen-bond acceptors (Lipinski definition) is 5. The van der Waals surface area contributed by atoms with Crippen LogP contribution in [0.3, 0.4) is 0 Å². The van der Waals surface area contributed by atoms with Crippen LogP contribution >= 0.6 is 0 Å². The number of alkyl carbamates (subject to hydrolysis) is 1. The number of H-pyrrole nitrogens is 1. The van der Waals surface area contributed by atoms with Gasteiger partial charge in [-0.3, -0.25) is 14.3 Å². The van der Waals surface area contributed by atoms with Crippen LogP contribution in [0.1, 0.15) is 109 Å². The van der Waals surface area contributed by atoms with Crippen molar-refractivity contribution in [3.8, 4) is 0 Å². The fourth-order valence-electron chi connectivity index (χ4n) is 4.24. The molecule has 2 rings (SSSR count). The Hall–Kier alpha value is -2.35. The van der Waals surface area contributed by atoms with Crippen molar-refractivity contribution >= 4 is 6.09 Å². The summed E-state index contributed by atoms with van der Waals surface area (Å²) in [6.07, 6.45) is 21.6. The summed E-state index contributed by atoms with van der Waals surface area (Å²) in [7, 11) is 0. The Labute approximate surface area is 209 Å². The third-order valence-electron chi connectivity index (χ3n) is 6.40. The van der Waals surface area contributed by atoms with Crippen LogP contribution in [-0.2, 0) is 9.47 Å². The largest absolute Gasteiger partial charge is 0.446 e. The van der Waals surface area contributed by atoms with E-state index in [9.17, 15) is 14.4 Å². The molecule has 1 aromatic rings. The van der Waals surface area contributed by atoms with E-state index in [2.05, 4.69) is 17.2 Å². The highest BCUT2D eigenvalue weighted by Gasteiger charge is 2.23. The summed E-state index contributed by atoms with van der Waals surface area (Å²) < 4.78 is 12.3. The Morgan fingerprint density at radius 2 is 1.51 bits per heavy atom.